The quantitative estimate of drug-likeness (QED) is 0.842. The molecule has 122 valence electrons. The number of aryl methyl sites for hydroxylation is 1. The first kappa shape index (κ1) is 17.8. The molecule has 0 saturated carbocycles. The molecule has 0 aliphatic rings. The number of carbonyl (C=O) groups excluding carboxylic acids is 1. The van der Waals surface area contributed by atoms with Gasteiger partial charge in [-0.2, -0.15) is 0 Å². The monoisotopic (exact) mass is 350 g/mol. The van der Waals surface area contributed by atoms with Gasteiger partial charge in [0.05, 0.1) is 16.8 Å². The van der Waals surface area contributed by atoms with Crippen molar-refractivity contribution in [1.82, 2.24) is 4.90 Å². The maximum absolute atomic E-state index is 12.4. The van der Waals surface area contributed by atoms with Crippen LogP contribution in [-0.2, 0) is 11.3 Å². The van der Waals surface area contributed by atoms with Gasteiger partial charge in [0.1, 0.15) is 0 Å². The van der Waals surface area contributed by atoms with Crippen LogP contribution in [0.2, 0.25) is 10.0 Å². The summed E-state index contributed by atoms with van der Waals surface area (Å²) in [4.78, 5) is 14.4. The molecule has 2 rings (SSSR count). The van der Waals surface area contributed by atoms with Crippen molar-refractivity contribution < 1.29 is 4.79 Å². The first-order valence-electron chi connectivity index (χ1n) is 7.39. The molecule has 0 spiro atoms. The number of anilines is 1. The molecule has 5 heteroatoms. The number of hydrogen-bond donors (Lipinski definition) is 1. The molecule has 0 saturated heterocycles. The molecule has 2 aromatic carbocycles. The SMILES string of the molecule is Cc1ccccc1CN(C)[C@@H](C)C(=O)Nc1cc(Cl)ccc1Cl. The van der Waals surface area contributed by atoms with Crippen molar-refractivity contribution in [1.29, 1.82) is 0 Å². The van der Waals surface area contributed by atoms with Crippen molar-refractivity contribution >= 4 is 34.8 Å². The Bertz CT molecular complexity index is 703. The van der Waals surface area contributed by atoms with Crippen LogP contribution in [0.25, 0.3) is 0 Å². The zero-order valence-electron chi connectivity index (χ0n) is 13.4. The number of nitrogens with zero attached hydrogens (tertiary/aromatic N) is 1. The minimum atomic E-state index is -0.301. The van der Waals surface area contributed by atoms with E-state index in [-0.39, 0.29) is 11.9 Å². The second kappa shape index (κ2) is 7.82. The summed E-state index contributed by atoms with van der Waals surface area (Å²) in [6.45, 7) is 4.64. The summed E-state index contributed by atoms with van der Waals surface area (Å²) in [7, 11) is 1.93. The average molecular weight is 351 g/mol. The number of carbonyl (C=O) groups is 1. The van der Waals surface area contributed by atoms with Gasteiger partial charge >= 0.3 is 0 Å². The van der Waals surface area contributed by atoms with Gasteiger partial charge in [0.2, 0.25) is 5.91 Å². The highest BCUT2D eigenvalue weighted by molar-refractivity contribution is 6.35. The van der Waals surface area contributed by atoms with E-state index in [2.05, 4.69) is 24.4 Å². The van der Waals surface area contributed by atoms with Gasteiger partial charge in [-0.25, -0.2) is 0 Å². The predicted octanol–water partition coefficient (Wildman–Crippen LogP) is 4.76. The van der Waals surface area contributed by atoms with Gasteiger partial charge in [0.15, 0.2) is 0 Å². The highest BCUT2D eigenvalue weighted by Gasteiger charge is 2.19. The molecule has 1 atom stereocenters. The van der Waals surface area contributed by atoms with Crippen molar-refractivity contribution in [2.24, 2.45) is 0 Å². The minimum absolute atomic E-state index is 0.120. The molecule has 0 fully saturated rings. The fraction of sp³-hybridized carbons (Fsp3) is 0.278. The number of likely N-dealkylation sites (N-methyl/N-ethyl adjacent to an activating group) is 1. The predicted molar refractivity (Wildman–Crippen MR) is 97.2 cm³/mol. The average Bonchev–Trinajstić information content (AvgIpc) is 2.52. The number of rotatable bonds is 5. The number of halogens is 2. The lowest BCUT2D eigenvalue weighted by Gasteiger charge is -2.24. The molecule has 0 heterocycles. The lowest BCUT2D eigenvalue weighted by Crippen LogP contribution is -2.39. The summed E-state index contributed by atoms with van der Waals surface area (Å²) in [5, 5.41) is 3.84. The van der Waals surface area contributed by atoms with E-state index in [1.54, 1.807) is 18.2 Å². The molecular formula is C18H20Cl2N2O. The van der Waals surface area contributed by atoms with Crippen molar-refractivity contribution in [3.05, 3.63) is 63.6 Å². The number of hydrogen-bond acceptors (Lipinski definition) is 2. The standard InChI is InChI=1S/C18H20Cl2N2O/c1-12-6-4-5-7-14(12)11-22(3)13(2)18(23)21-17-10-15(19)8-9-16(17)20/h4-10,13H,11H2,1-3H3,(H,21,23)/t13-/m0/s1. The van der Waals surface area contributed by atoms with E-state index in [1.165, 1.54) is 11.1 Å². The van der Waals surface area contributed by atoms with E-state index < -0.39 is 0 Å². The number of nitrogens with one attached hydrogen (secondary N) is 1. The summed E-state index contributed by atoms with van der Waals surface area (Å²) in [5.74, 6) is -0.120. The molecule has 1 amide bonds. The highest BCUT2D eigenvalue weighted by atomic mass is 35.5. The zero-order chi connectivity index (χ0) is 17.0. The Morgan fingerprint density at radius 2 is 1.91 bits per heavy atom. The maximum Gasteiger partial charge on any atom is 0.241 e. The largest absolute Gasteiger partial charge is 0.323 e. The molecule has 1 N–H and O–H groups in total. The molecule has 0 unspecified atom stereocenters. The molecular weight excluding hydrogens is 331 g/mol. The lowest BCUT2D eigenvalue weighted by atomic mass is 10.1. The molecule has 3 nitrogen and oxygen atoms in total. The summed E-state index contributed by atoms with van der Waals surface area (Å²) >= 11 is 12.0. The fourth-order valence-electron chi connectivity index (χ4n) is 2.22. The Morgan fingerprint density at radius 1 is 1.22 bits per heavy atom. The Balaban J connectivity index is 2.04. The third-order valence-electron chi connectivity index (χ3n) is 3.91. The molecule has 2 aromatic rings. The maximum atomic E-state index is 12.4. The summed E-state index contributed by atoms with van der Waals surface area (Å²) in [6, 6.07) is 12.9. The van der Waals surface area contributed by atoms with E-state index in [0.717, 1.165) is 0 Å². The zero-order valence-corrected chi connectivity index (χ0v) is 14.9. The van der Waals surface area contributed by atoms with Crippen molar-refractivity contribution in [3.63, 3.8) is 0 Å². The fourth-order valence-corrected chi connectivity index (χ4v) is 2.56. The molecule has 0 radical (unpaired) electrons. The van der Waals surface area contributed by atoms with Crippen LogP contribution in [-0.4, -0.2) is 23.9 Å². The van der Waals surface area contributed by atoms with Crippen molar-refractivity contribution in [2.45, 2.75) is 26.4 Å². The molecule has 0 aliphatic heterocycles. The van der Waals surface area contributed by atoms with Crippen LogP contribution in [0, 0.1) is 6.92 Å². The van der Waals surface area contributed by atoms with Gasteiger partial charge in [-0.3, -0.25) is 9.69 Å². The van der Waals surface area contributed by atoms with Crippen LogP contribution in [0.4, 0.5) is 5.69 Å². The van der Waals surface area contributed by atoms with Crippen molar-refractivity contribution in [3.8, 4) is 0 Å². The second-order valence-corrected chi connectivity index (χ2v) is 6.47. The van der Waals surface area contributed by atoms with Crippen LogP contribution >= 0.6 is 23.2 Å². The van der Waals surface area contributed by atoms with Gasteiger partial charge in [0.25, 0.3) is 0 Å². The number of amides is 1. The first-order chi connectivity index (χ1) is 10.9. The van der Waals surface area contributed by atoms with Gasteiger partial charge in [0, 0.05) is 11.6 Å². The topological polar surface area (TPSA) is 32.3 Å². The molecule has 0 aliphatic carbocycles. The van der Waals surface area contributed by atoms with E-state index in [0.29, 0.717) is 22.3 Å². The van der Waals surface area contributed by atoms with Crippen LogP contribution in [0.3, 0.4) is 0 Å². The third-order valence-corrected chi connectivity index (χ3v) is 4.47. The third kappa shape index (κ3) is 4.71. The Labute approximate surface area is 147 Å². The Kier molecular flexibility index (Phi) is 6.05. The highest BCUT2D eigenvalue weighted by Crippen LogP contribution is 2.25. The van der Waals surface area contributed by atoms with Gasteiger partial charge in [-0.15, -0.1) is 0 Å². The van der Waals surface area contributed by atoms with Gasteiger partial charge < -0.3 is 5.32 Å². The van der Waals surface area contributed by atoms with E-state index in [9.17, 15) is 4.79 Å². The lowest BCUT2D eigenvalue weighted by molar-refractivity contribution is -0.120. The van der Waals surface area contributed by atoms with Gasteiger partial charge in [-0.1, -0.05) is 47.5 Å². The normalized spacial score (nSPS) is 12.3. The van der Waals surface area contributed by atoms with E-state index >= 15 is 0 Å². The molecule has 23 heavy (non-hydrogen) atoms. The van der Waals surface area contributed by atoms with Crippen molar-refractivity contribution in [2.75, 3.05) is 12.4 Å². The van der Waals surface area contributed by atoms with E-state index in [1.807, 2.05) is 31.0 Å². The first-order valence-corrected chi connectivity index (χ1v) is 8.14. The van der Waals surface area contributed by atoms with Gasteiger partial charge in [-0.05, 0) is 50.2 Å². The van der Waals surface area contributed by atoms with Crippen LogP contribution in [0.15, 0.2) is 42.5 Å². The Morgan fingerprint density at radius 3 is 2.61 bits per heavy atom. The summed E-state index contributed by atoms with van der Waals surface area (Å²) < 4.78 is 0. The van der Waals surface area contributed by atoms with Crippen LogP contribution in [0.1, 0.15) is 18.1 Å². The van der Waals surface area contributed by atoms with Crippen LogP contribution < -0.4 is 5.32 Å². The summed E-state index contributed by atoms with van der Waals surface area (Å²) in [6.07, 6.45) is 0. The Hall–Kier alpha value is -1.55. The molecule has 0 aromatic heterocycles. The summed E-state index contributed by atoms with van der Waals surface area (Å²) in [5.41, 5.74) is 2.94. The molecule has 0 bridgehead atoms. The minimum Gasteiger partial charge on any atom is -0.323 e. The van der Waals surface area contributed by atoms with E-state index in [4.69, 9.17) is 23.2 Å². The number of benzene rings is 2. The second-order valence-electron chi connectivity index (χ2n) is 5.63. The smallest absolute Gasteiger partial charge is 0.241 e. The van der Waals surface area contributed by atoms with Crippen LogP contribution in [0.5, 0.6) is 0 Å².